The Morgan fingerprint density at radius 1 is 1.07 bits per heavy atom. The Hall–Kier alpha value is -3.73. The normalized spacial score (nSPS) is 10.4. The van der Waals surface area contributed by atoms with Crippen LogP contribution in [0.25, 0.3) is 11.3 Å². The van der Waals surface area contributed by atoms with E-state index in [1.165, 1.54) is 0 Å². The highest BCUT2D eigenvalue weighted by atomic mass is 16.5. The third kappa shape index (κ3) is 3.55. The van der Waals surface area contributed by atoms with Crippen molar-refractivity contribution in [2.45, 2.75) is 13.8 Å². The van der Waals surface area contributed by atoms with E-state index in [2.05, 4.69) is 21.4 Å². The largest absolute Gasteiger partial charge is 0.493 e. The van der Waals surface area contributed by atoms with Crippen LogP contribution in [-0.4, -0.2) is 35.9 Å². The fourth-order valence-electron chi connectivity index (χ4n) is 3.35. The molecule has 3 aromatic rings. The molecule has 0 fully saturated rings. The van der Waals surface area contributed by atoms with E-state index in [9.17, 15) is 5.26 Å². The van der Waals surface area contributed by atoms with Crippen LogP contribution in [0.2, 0.25) is 0 Å². The summed E-state index contributed by atoms with van der Waals surface area (Å²) in [5.41, 5.74) is 4.84. The van der Waals surface area contributed by atoms with Gasteiger partial charge >= 0.3 is 0 Å². The first-order chi connectivity index (χ1) is 13.9. The summed E-state index contributed by atoms with van der Waals surface area (Å²) >= 11 is 0. The first-order valence-electron chi connectivity index (χ1n) is 8.91. The third-order valence-electron chi connectivity index (χ3n) is 4.87. The number of hydrogen-bond acceptors (Lipinski definition) is 7. The average Bonchev–Trinajstić information content (AvgIpc) is 2.95. The number of benzene rings is 1. The van der Waals surface area contributed by atoms with Crippen LogP contribution in [0.5, 0.6) is 17.2 Å². The molecule has 29 heavy (non-hydrogen) atoms. The van der Waals surface area contributed by atoms with Gasteiger partial charge in [0, 0.05) is 42.3 Å². The monoisotopic (exact) mass is 393 g/mol. The average molecular weight is 393 g/mol. The van der Waals surface area contributed by atoms with Crippen LogP contribution in [0.15, 0.2) is 24.4 Å². The summed E-state index contributed by atoms with van der Waals surface area (Å²) in [5.74, 6) is 1.98. The first kappa shape index (κ1) is 20.0. The van der Waals surface area contributed by atoms with E-state index in [0.29, 0.717) is 34.6 Å². The first-order valence-corrected chi connectivity index (χ1v) is 8.91. The standard InChI is InChI=1S/C21H23N5O3/c1-12-16(11-22)26(3)13(2)19(12)15-7-8-23-21(25-15)24-14-9-17(27-4)20(29-6)18(10-14)28-5/h7-10H,1-6H3,(H,23,24,25). The van der Waals surface area contributed by atoms with E-state index in [0.717, 1.165) is 22.5 Å². The number of nitrogens with zero attached hydrogens (tertiary/aromatic N) is 4. The lowest BCUT2D eigenvalue weighted by atomic mass is 10.1. The number of nitrogens with one attached hydrogen (secondary N) is 1. The van der Waals surface area contributed by atoms with Crippen molar-refractivity contribution < 1.29 is 14.2 Å². The number of hydrogen-bond donors (Lipinski definition) is 1. The van der Waals surface area contributed by atoms with Crippen molar-refractivity contribution in [1.29, 1.82) is 5.26 Å². The second-order valence-corrected chi connectivity index (χ2v) is 6.41. The molecule has 8 heteroatoms. The van der Waals surface area contributed by atoms with Crippen molar-refractivity contribution in [3.8, 4) is 34.6 Å². The number of nitriles is 1. The van der Waals surface area contributed by atoms with Gasteiger partial charge in [0.15, 0.2) is 11.5 Å². The molecule has 0 unspecified atom stereocenters. The Balaban J connectivity index is 2.02. The molecule has 0 aliphatic carbocycles. The minimum atomic E-state index is 0.415. The highest BCUT2D eigenvalue weighted by Crippen LogP contribution is 2.40. The van der Waals surface area contributed by atoms with Gasteiger partial charge in [-0.2, -0.15) is 5.26 Å². The van der Waals surface area contributed by atoms with Crippen molar-refractivity contribution >= 4 is 11.6 Å². The number of rotatable bonds is 6. The molecule has 0 saturated heterocycles. The summed E-state index contributed by atoms with van der Waals surface area (Å²) in [4.78, 5) is 8.96. The van der Waals surface area contributed by atoms with Crippen molar-refractivity contribution in [2.75, 3.05) is 26.6 Å². The Bertz CT molecular complexity index is 1070. The van der Waals surface area contributed by atoms with Gasteiger partial charge in [-0.1, -0.05) is 0 Å². The van der Waals surface area contributed by atoms with Gasteiger partial charge in [-0.25, -0.2) is 9.97 Å². The molecule has 0 bridgehead atoms. The van der Waals surface area contributed by atoms with E-state index >= 15 is 0 Å². The minimum absolute atomic E-state index is 0.415. The molecule has 0 aliphatic rings. The van der Waals surface area contributed by atoms with Crippen LogP contribution in [0, 0.1) is 25.2 Å². The molecule has 1 N–H and O–H groups in total. The molecule has 2 heterocycles. The fourth-order valence-corrected chi connectivity index (χ4v) is 3.35. The zero-order chi connectivity index (χ0) is 21.1. The van der Waals surface area contributed by atoms with Crippen LogP contribution >= 0.6 is 0 Å². The molecule has 0 saturated carbocycles. The van der Waals surface area contributed by atoms with Crippen molar-refractivity contribution in [2.24, 2.45) is 7.05 Å². The van der Waals surface area contributed by atoms with E-state index in [4.69, 9.17) is 14.2 Å². The molecule has 1 aromatic carbocycles. The molecular weight excluding hydrogens is 370 g/mol. The van der Waals surface area contributed by atoms with Crippen LogP contribution < -0.4 is 19.5 Å². The molecule has 8 nitrogen and oxygen atoms in total. The zero-order valence-corrected chi connectivity index (χ0v) is 17.3. The summed E-state index contributed by atoms with van der Waals surface area (Å²) in [6.07, 6.45) is 1.68. The van der Waals surface area contributed by atoms with Gasteiger partial charge < -0.3 is 24.1 Å². The molecule has 150 valence electrons. The van der Waals surface area contributed by atoms with E-state index in [1.807, 2.05) is 31.5 Å². The van der Waals surface area contributed by atoms with Gasteiger partial charge in [0.05, 0.1) is 27.0 Å². The maximum Gasteiger partial charge on any atom is 0.227 e. The Labute approximate surface area is 169 Å². The SMILES string of the molecule is COc1cc(Nc2nccc(-c3c(C)c(C#N)n(C)c3C)n2)cc(OC)c1OC. The second kappa shape index (κ2) is 8.10. The fraction of sp³-hybridized carbons (Fsp3) is 0.286. The Morgan fingerprint density at radius 2 is 1.72 bits per heavy atom. The molecule has 0 atom stereocenters. The maximum absolute atomic E-state index is 9.42. The summed E-state index contributed by atoms with van der Waals surface area (Å²) in [5, 5.41) is 12.6. The predicted molar refractivity (Wildman–Crippen MR) is 110 cm³/mol. The van der Waals surface area contributed by atoms with Crippen molar-refractivity contribution in [3.05, 3.63) is 41.3 Å². The van der Waals surface area contributed by atoms with Gasteiger partial charge in [-0.3, -0.25) is 0 Å². The van der Waals surface area contributed by atoms with Gasteiger partial charge in [0.25, 0.3) is 0 Å². The topological polar surface area (TPSA) is 94.2 Å². The van der Waals surface area contributed by atoms with Crippen molar-refractivity contribution in [3.63, 3.8) is 0 Å². The molecular formula is C21H23N5O3. The van der Waals surface area contributed by atoms with E-state index < -0.39 is 0 Å². The molecule has 0 amide bonds. The minimum Gasteiger partial charge on any atom is -0.493 e. The molecule has 0 aliphatic heterocycles. The number of anilines is 2. The summed E-state index contributed by atoms with van der Waals surface area (Å²) < 4.78 is 18.0. The molecule has 3 rings (SSSR count). The number of aromatic nitrogens is 3. The number of methoxy groups -OCH3 is 3. The van der Waals surface area contributed by atoms with Crippen molar-refractivity contribution in [1.82, 2.24) is 14.5 Å². The quantitative estimate of drug-likeness (QED) is 0.682. The van der Waals surface area contributed by atoms with Crippen LogP contribution in [0.3, 0.4) is 0 Å². The highest BCUT2D eigenvalue weighted by molar-refractivity contribution is 5.72. The second-order valence-electron chi connectivity index (χ2n) is 6.41. The van der Waals surface area contributed by atoms with Crippen LogP contribution in [-0.2, 0) is 7.05 Å². The smallest absolute Gasteiger partial charge is 0.227 e. The zero-order valence-electron chi connectivity index (χ0n) is 17.3. The molecule has 0 radical (unpaired) electrons. The summed E-state index contributed by atoms with van der Waals surface area (Å²) in [6, 6.07) is 7.64. The van der Waals surface area contributed by atoms with Gasteiger partial charge in [0.1, 0.15) is 11.8 Å². The van der Waals surface area contributed by atoms with Gasteiger partial charge in [-0.15, -0.1) is 0 Å². The summed E-state index contributed by atoms with van der Waals surface area (Å²) in [7, 11) is 6.55. The predicted octanol–water partition coefficient (Wildman–Crippen LogP) is 3.74. The Kier molecular flexibility index (Phi) is 5.59. The van der Waals surface area contributed by atoms with E-state index in [1.54, 1.807) is 39.7 Å². The van der Waals surface area contributed by atoms with E-state index in [-0.39, 0.29) is 0 Å². The van der Waals surface area contributed by atoms with Crippen LogP contribution in [0.4, 0.5) is 11.6 Å². The lowest BCUT2D eigenvalue weighted by molar-refractivity contribution is 0.324. The lowest BCUT2D eigenvalue weighted by Crippen LogP contribution is -2.01. The molecule has 2 aromatic heterocycles. The number of ether oxygens (including phenoxy) is 3. The van der Waals surface area contributed by atoms with Gasteiger partial charge in [-0.05, 0) is 25.5 Å². The summed E-state index contributed by atoms with van der Waals surface area (Å²) in [6.45, 7) is 3.90. The maximum atomic E-state index is 9.42. The third-order valence-corrected chi connectivity index (χ3v) is 4.87. The van der Waals surface area contributed by atoms with Gasteiger partial charge in [0.2, 0.25) is 11.7 Å². The Morgan fingerprint density at radius 3 is 2.24 bits per heavy atom. The molecule has 0 spiro atoms. The lowest BCUT2D eigenvalue weighted by Gasteiger charge is -2.14. The van der Waals surface area contributed by atoms with Crippen LogP contribution in [0.1, 0.15) is 17.0 Å². The highest BCUT2D eigenvalue weighted by Gasteiger charge is 2.18.